The lowest BCUT2D eigenvalue weighted by atomic mass is 10.1. The smallest absolute Gasteiger partial charge is 0.150 e. The second-order valence-corrected chi connectivity index (χ2v) is 8.21. The topological polar surface area (TPSA) is 37.0 Å². The molecule has 3 heteroatoms. The van der Waals surface area contributed by atoms with E-state index in [4.69, 9.17) is 4.98 Å². The minimum Gasteiger partial charge on any atom is -0.377 e. The molecule has 0 bridgehead atoms. The van der Waals surface area contributed by atoms with E-state index in [1.165, 1.54) is 5.56 Å². The van der Waals surface area contributed by atoms with Crippen LogP contribution in [-0.4, -0.2) is 16.1 Å². The van der Waals surface area contributed by atoms with E-state index in [-0.39, 0.29) is 11.1 Å². The number of rotatable bonds is 3. The summed E-state index contributed by atoms with van der Waals surface area (Å²) in [4.78, 5) is 4.87. The fraction of sp³-hybridized carbons (Fsp3) is 0.450. The predicted molar refractivity (Wildman–Crippen MR) is 101 cm³/mol. The van der Waals surface area contributed by atoms with Crippen LogP contribution in [0.3, 0.4) is 0 Å². The fourth-order valence-electron chi connectivity index (χ4n) is 2.30. The van der Waals surface area contributed by atoms with E-state index >= 15 is 0 Å². The summed E-state index contributed by atoms with van der Waals surface area (Å²) in [5.41, 5.74) is 4.34. The summed E-state index contributed by atoms with van der Waals surface area (Å²) in [5, 5.41) is 7.06. The third kappa shape index (κ3) is 5.27. The van der Waals surface area contributed by atoms with Crippen molar-refractivity contribution < 1.29 is 0 Å². The lowest BCUT2D eigenvalue weighted by Crippen LogP contribution is -2.30. The van der Waals surface area contributed by atoms with Gasteiger partial charge in [-0.3, -0.25) is 0 Å². The Morgan fingerprint density at radius 1 is 0.739 bits per heavy atom. The van der Waals surface area contributed by atoms with Gasteiger partial charge in [-0.2, -0.15) is 0 Å². The summed E-state index contributed by atoms with van der Waals surface area (Å²) in [7, 11) is 0. The maximum atomic E-state index is 4.87. The molecule has 3 nitrogen and oxygen atoms in total. The quantitative estimate of drug-likeness (QED) is 0.788. The Hall–Kier alpha value is -2.03. The Kier molecular flexibility index (Phi) is 4.69. The van der Waals surface area contributed by atoms with Crippen LogP contribution in [0.4, 0.5) is 11.5 Å². The Balaban J connectivity index is 2.44. The van der Waals surface area contributed by atoms with Crippen molar-refractivity contribution in [1.29, 1.82) is 0 Å². The highest BCUT2D eigenvalue weighted by Crippen LogP contribution is 2.29. The number of aromatic nitrogens is 1. The van der Waals surface area contributed by atoms with Crippen LogP contribution in [0.25, 0.3) is 11.3 Å². The standard InChI is InChI=1S/C20H29N3/c1-14-8-10-15(11-9-14)16-12-13-17(22-19(2,3)4)18(21-16)23-20(5,6)7/h8-13,22H,1-7H3,(H,21,23). The Morgan fingerprint density at radius 3 is 1.83 bits per heavy atom. The number of nitrogens with zero attached hydrogens (tertiary/aromatic N) is 1. The molecule has 0 aliphatic rings. The molecule has 0 fully saturated rings. The molecule has 124 valence electrons. The summed E-state index contributed by atoms with van der Waals surface area (Å²) >= 11 is 0. The van der Waals surface area contributed by atoms with Crippen molar-refractivity contribution in [2.45, 2.75) is 59.5 Å². The third-order valence-corrected chi connectivity index (χ3v) is 3.25. The highest BCUT2D eigenvalue weighted by molar-refractivity contribution is 5.72. The zero-order chi connectivity index (χ0) is 17.3. The van der Waals surface area contributed by atoms with Gasteiger partial charge in [-0.15, -0.1) is 0 Å². The zero-order valence-electron chi connectivity index (χ0n) is 15.4. The summed E-state index contributed by atoms with van der Waals surface area (Å²) < 4.78 is 0. The van der Waals surface area contributed by atoms with Gasteiger partial charge in [-0.05, 0) is 60.6 Å². The maximum Gasteiger partial charge on any atom is 0.150 e. The van der Waals surface area contributed by atoms with Gasteiger partial charge < -0.3 is 10.6 Å². The number of hydrogen-bond donors (Lipinski definition) is 2. The van der Waals surface area contributed by atoms with Gasteiger partial charge in [0, 0.05) is 16.6 Å². The van der Waals surface area contributed by atoms with Gasteiger partial charge in [0.15, 0.2) is 5.82 Å². The fourth-order valence-corrected chi connectivity index (χ4v) is 2.30. The van der Waals surface area contributed by atoms with Gasteiger partial charge in [0.1, 0.15) is 0 Å². The number of hydrogen-bond acceptors (Lipinski definition) is 3. The third-order valence-electron chi connectivity index (χ3n) is 3.25. The van der Waals surface area contributed by atoms with Crippen LogP contribution in [0.1, 0.15) is 47.1 Å². The Labute approximate surface area is 140 Å². The summed E-state index contributed by atoms with van der Waals surface area (Å²) in [6.45, 7) is 15.0. The minimum absolute atomic E-state index is 0.0125. The first-order chi connectivity index (χ1) is 10.5. The molecule has 0 aliphatic heterocycles. The lowest BCUT2D eigenvalue weighted by Gasteiger charge is -2.28. The zero-order valence-corrected chi connectivity index (χ0v) is 15.4. The average molecular weight is 311 g/mol. The van der Waals surface area contributed by atoms with E-state index in [2.05, 4.69) is 95.5 Å². The van der Waals surface area contributed by atoms with Crippen molar-refractivity contribution in [2.75, 3.05) is 10.6 Å². The van der Waals surface area contributed by atoms with Gasteiger partial charge in [0.05, 0.1) is 11.4 Å². The van der Waals surface area contributed by atoms with Gasteiger partial charge in [-0.1, -0.05) is 29.8 Å². The molecule has 0 radical (unpaired) electrons. The molecule has 0 amide bonds. The van der Waals surface area contributed by atoms with Crippen molar-refractivity contribution >= 4 is 11.5 Å². The van der Waals surface area contributed by atoms with Crippen molar-refractivity contribution in [3.8, 4) is 11.3 Å². The number of nitrogens with one attached hydrogen (secondary N) is 2. The average Bonchev–Trinajstić information content (AvgIpc) is 2.38. The summed E-state index contributed by atoms with van der Waals surface area (Å²) in [6.07, 6.45) is 0. The number of anilines is 2. The molecule has 0 spiro atoms. The molecular formula is C20H29N3. The normalized spacial score (nSPS) is 12.1. The molecule has 1 aromatic carbocycles. The van der Waals surface area contributed by atoms with Gasteiger partial charge in [0.2, 0.25) is 0 Å². The predicted octanol–water partition coefficient (Wildman–Crippen LogP) is 5.48. The van der Waals surface area contributed by atoms with Crippen molar-refractivity contribution in [2.24, 2.45) is 0 Å². The molecule has 0 unspecified atom stereocenters. The molecule has 23 heavy (non-hydrogen) atoms. The second-order valence-electron chi connectivity index (χ2n) is 8.21. The molecule has 1 heterocycles. The first kappa shape index (κ1) is 17.3. The van der Waals surface area contributed by atoms with Gasteiger partial charge in [0.25, 0.3) is 0 Å². The maximum absolute atomic E-state index is 4.87. The van der Waals surface area contributed by atoms with Gasteiger partial charge in [-0.25, -0.2) is 4.98 Å². The summed E-state index contributed by atoms with van der Waals surface area (Å²) in [6, 6.07) is 12.7. The molecule has 1 aromatic heterocycles. The van der Waals surface area contributed by atoms with Crippen molar-refractivity contribution in [1.82, 2.24) is 4.98 Å². The minimum atomic E-state index is -0.0484. The van der Waals surface area contributed by atoms with Crippen LogP contribution < -0.4 is 10.6 Å². The van der Waals surface area contributed by atoms with Crippen LogP contribution in [0.15, 0.2) is 36.4 Å². The molecule has 0 saturated heterocycles. The van der Waals surface area contributed by atoms with Crippen LogP contribution in [-0.2, 0) is 0 Å². The second kappa shape index (κ2) is 6.23. The van der Waals surface area contributed by atoms with Crippen LogP contribution >= 0.6 is 0 Å². The molecule has 0 atom stereocenters. The lowest BCUT2D eigenvalue weighted by molar-refractivity contribution is 0.621. The first-order valence-electron chi connectivity index (χ1n) is 8.18. The highest BCUT2D eigenvalue weighted by Gasteiger charge is 2.18. The number of benzene rings is 1. The van der Waals surface area contributed by atoms with E-state index in [0.29, 0.717) is 0 Å². The summed E-state index contributed by atoms with van der Waals surface area (Å²) in [5.74, 6) is 0.894. The number of pyridine rings is 1. The Morgan fingerprint density at radius 2 is 1.30 bits per heavy atom. The Bertz CT molecular complexity index is 659. The van der Waals surface area contributed by atoms with E-state index in [9.17, 15) is 0 Å². The molecule has 2 N–H and O–H groups in total. The van der Waals surface area contributed by atoms with Crippen molar-refractivity contribution in [3.63, 3.8) is 0 Å². The monoisotopic (exact) mass is 311 g/mol. The molecular weight excluding hydrogens is 282 g/mol. The highest BCUT2D eigenvalue weighted by atomic mass is 15.1. The van der Waals surface area contributed by atoms with Crippen LogP contribution in [0.5, 0.6) is 0 Å². The van der Waals surface area contributed by atoms with Crippen LogP contribution in [0, 0.1) is 6.92 Å². The SMILES string of the molecule is Cc1ccc(-c2ccc(NC(C)(C)C)c(NC(C)(C)C)n2)cc1. The number of aryl methyl sites for hydroxylation is 1. The van der Waals surface area contributed by atoms with Crippen molar-refractivity contribution in [3.05, 3.63) is 42.0 Å². The molecule has 2 rings (SSSR count). The largest absolute Gasteiger partial charge is 0.377 e. The first-order valence-corrected chi connectivity index (χ1v) is 8.18. The molecule has 0 aliphatic carbocycles. The molecule has 2 aromatic rings. The van der Waals surface area contributed by atoms with E-state index in [1.807, 2.05) is 0 Å². The molecule has 0 saturated carbocycles. The van der Waals surface area contributed by atoms with E-state index in [1.54, 1.807) is 0 Å². The van der Waals surface area contributed by atoms with Gasteiger partial charge >= 0.3 is 0 Å². The van der Waals surface area contributed by atoms with E-state index in [0.717, 1.165) is 22.8 Å². The van der Waals surface area contributed by atoms with Crippen LogP contribution in [0.2, 0.25) is 0 Å². The van der Waals surface area contributed by atoms with E-state index < -0.39 is 0 Å².